The van der Waals surface area contributed by atoms with Gasteiger partial charge in [0.05, 0.1) is 17.4 Å². The average molecular weight is 345 g/mol. The van der Waals surface area contributed by atoms with Gasteiger partial charge in [-0.2, -0.15) is 0 Å². The first kappa shape index (κ1) is 18.6. The summed E-state index contributed by atoms with van der Waals surface area (Å²) >= 11 is 0. The van der Waals surface area contributed by atoms with Crippen LogP contribution in [0.25, 0.3) is 10.9 Å². The van der Waals surface area contributed by atoms with Gasteiger partial charge in [0.1, 0.15) is 5.52 Å². The third kappa shape index (κ3) is 5.10. The number of nitrogens with zero attached hydrogens (tertiary/aromatic N) is 3. The highest BCUT2D eigenvalue weighted by Crippen LogP contribution is 2.06. The van der Waals surface area contributed by atoms with E-state index in [0.717, 1.165) is 0 Å². The number of carboxylic acids is 1. The van der Waals surface area contributed by atoms with Crippen LogP contribution in [0.3, 0.4) is 0 Å². The van der Waals surface area contributed by atoms with Crippen LogP contribution in [0.2, 0.25) is 0 Å². The monoisotopic (exact) mass is 345 g/mol. The van der Waals surface area contributed by atoms with Gasteiger partial charge in [-0.15, -0.1) is 5.10 Å². The Bertz CT molecular complexity index is 816. The minimum absolute atomic E-state index is 0.0861. The van der Waals surface area contributed by atoms with Gasteiger partial charge in [0.15, 0.2) is 0 Å². The largest absolute Gasteiger partial charge is 0.548 e. The molecule has 1 aromatic carbocycles. The lowest BCUT2D eigenvalue weighted by molar-refractivity contribution is -0.308. The molecule has 1 atom stereocenters. The highest BCUT2D eigenvalue weighted by molar-refractivity contribution is 5.82. The summed E-state index contributed by atoms with van der Waals surface area (Å²) in [6.45, 7) is 3.96. The van der Waals surface area contributed by atoms with Gasteiger partial charge in [0.25, 0.3) is 5.56 Å². The van der Waals surface area contributed by atoms with Crippen LogP contribution in [0.5, 0.6) is 0 Å². The molecule has 1 amide bonds. The molecule has 0 aliphatic rings. The molecule has 0 aliphatic carbocycles. The van der Waals surface area contributed by atoms with E-state index in [1.165, 1.54) is 4.68 Å². The number of carbonyl (C=O) groups excluding carboxylic acids is 2. The molecule has 1 aromatic heterocycles. The van der Waals surface area contributed by atoms with E-state index in [-0.39, 0.29) is 24.4 Å². The summed E-state index contributed by atoms with van der Waals surface area (Å²) in [6.07, 6.45) is 0.743. The minimum atomic E-state index is -1.29. The first-order valence-corrected chi connectivity index (χ1v) is 8.21. The number of benzene rings is 1. The maximum absolute atomic E-state index is 12.3. The first-order valence-electron chi connectivity index (χ1n) is 8.21. The maximum Gasteiger partial charge on any atom is 0.277 e. The molecule has 2 rings (SSSR count). The molecule has 25 heavy (non-hydrogen) atoms. The third-order valence-corrected chi connectivity index (χ3v) is 3.73. The number of carbonyl (C=O) groups is 2. The summed E-state index contributed by atoms with van der Waals surface area (Å²) in [5, 5.41) is 21.8. The van der Waals surface area contributed by atoms with Gasteiger partial charge in [-0.3, -0.25) is 9.59 Å². The molecule has 8 nitrogen and oxygen atoms in total. The fourth-order valence-corrected chi connectivity index (χ4v) is 2.51. The number of amides is 1. The molecular formula is C17H21N4O4-. The molecule has 0 radical (unpaired) electrons. The van der Waals surface area contributed by atoms with Crippen molar-refractivity contribution in [3.63, 3.8) is 0 Å². The van der Waals surface area contributed by atoms with Gasteiger partial charge >= 0.3 is 0 Å². The van der Waals surface area contributed by atoms with E-state index in [9.17, 15) is 19.5 Å². The summed E-state index contributed by atoms with van der Waals surface area (Å²) in [5.41, 5.74) is 0.255. The molecular weight excluding hydrogens is 324 g/mol. The van der Waals surface area contributed by atoms with E-state index in [4.69, 9.17) is 0 Å². The van der Waals surface area contributed by atoms with Crippen molar-refractivity contribution >= 4 is 22.8 Å². The van der Waals surface area contributed by atoms with Gasteiger partial charge in [0, 0.05) is 13.0 Å². The van der Waals surface area contributed by atoms with Crippen LogP contribution >= 0.6 is 0 Å². The Morgan fingerprint density at radius 1 is 1.28 bits per heavy atom. The lowest BCUT2D eigenvalue weighted by Gasteiger charge is -2.21. The summed E-state index contributed by atoms with van der Waals surface area (Å²) < 4.78 is 1.21. The zero-order chi connectivity index (χ0) is 18.4. The molecule has 0 saturated heterocycles. The fraction of sp³-hybridized carbons (Fsp3) is 0.471. The molecule has 0 unspecified atom stereocenters. The normalized spacial score (nSPS) is 12.3. The minimum Gasteiger partial charge on any atom is -0.548 e. The Labute approximate surface area is 144 Å². The van der Waals surface area contributed by atoms with E-state index < -0.39 is 17.9 Å². The Hall–Kier alpha value is -2.77. The van der Waals surface area contributed by atoms with Crippen molar-refractivity contribution in [1.29, 1.82) is 0 Å². The topological polar surface area (TPSA) is 117 Å². The summed E-state index contributed by atoms with van der Waals surface area (Å²) in [6, 6.07) is 5.90. The molecule has 0 bridgehead atoms. The number of aliphatic carboxylic acids is 1. The lowest BCUT2D eigenvalue weighted by atomic mass is 10.0. The first-order chi connectivity index (χ1) is 11.9. The van der Waals surface area contributed by atoms with E-state index in [0.29, 0.717) is 23.7 Å². The highest BCUT2D eigenvalue weighted by atomic mass is 16.4. The van der Waals surface area contributed by atoms with Crippen molar-refractivity contribution in [3.8, 4) is 0 Å². The van der Waals surface area contributed by atoms with Crippen LogP contribution in [0.1, 0.15) is 33.1 Å². The van der Waals surface area contributed by atoms with Crippen LogP contribution < -0.4 is 16.0 Å². The second-order valence-electron chi connectivity index (χ2n) is 6.31. The number of nitrogens with one attached hydrogen (secondary N) is 1. The van der Waals surface area contributed by atoms with Crippen molar-refractivity contribution in [2.45, 2.75) is 45.7 Å². The zero-order valence-electron chi connectivity index (χ0n) is 14.3. The maximum atomic E-state index is 12.3. The van der Waals surface area contributed by atoms with Gasteiger partial charge in [0.2, 0.25) is 5.91 Å². The Morgan fingerprint density at radius 2 is 2.00 bits per heavy atom. The molecule has 134 valence electrons. The summed E-state index contributed by atoms with van der Waals surface area (Å²) in [7, 11) is 0. The Balaban J connectivity index is 1.92. The van der Waals surface area contributed by atoms with Crippen LogP contribution in [0, 0.1) is 5.92 Å². The molecule has 0 saturated carbocycles. The lowest BCUT2D eigenvalue weighted by Crippen LogP contribution is -2.48. The number of aromatic nitrogens is 3. The molecule has 8 heteroatoms. The Kier molecular flexibility index (Phi) is 6.21. The summed E-state index contributed by atoms with van der Waals surface area (Å²) in [4.78, 5) is 35.2. The quantitative estimate of drug-likeness (QED) is 0.711. The van der Waals surface area contributed by atoms with Gasteiger partial charge in [-0.25, -0.2) is 4.68 Å². The molecule has 1 N–H and O–H groups in total. The standard InChI is InChI=1S/C17H22N4O4/c1-11(2)10-14(17(24)25)18-15(22)8-5-9-21-16(23)12-6-3-4-7-13(12)19-20-21/h3-4,6-7,11,14H,5,8-10H2,1-2H3,(H,18,22)(H,24,25)/p-1/t14-/m0/s1. The van der Waals surface area contributed by atoms with Crippen molar-refractivity contribution in [2.24, 2.45) is 5.92 Å². The molecule has 0 spiro atoms. The average Bonchev–Trinajstić information content (AvgIpc) is 2.56. The highest BCUT2D eigenvalue weighted by Gasteiger charge is 2.15. The van der Waals surface area contributed by atoms with E-state index in [1.54, 1.807) is 24.3 Å². The SMILES string of the molecule is CC(C)C[C@H](NC(=O)CCCn1nnc2ccccc2c1=O)C(=O)[O-]. The Morgan fingerprint density at radius 3 is 2.68 bits per heavy atom. The number of hydrogen-bond donors (Lipinski definition) is 1. The van der Waals surface area contributed by atoms with Crippen LogP contribution in [0.4, 0.5) is 0 Å². The van der Waals surface area contributed by atoms with Gasteiger partial charge in [-0.1, -0.05) is 31.2 Å². The van der Waals surface area contributed by atoms with E-state index in [1.807, 2.05) is 13.8 Å². The number of aryl methyl sites for hydroxylation is 1. The predicted octanol–water partition coefficient (Wildman–Crippen LogP) is -0.147. The van der Waals surface area contributed by atoms with Crippen LogP contribution in [-0.4, -0.2) is 32.9 Å². The molecule has 1 heterocycles. The van der Waals surface area contributed by atoms with E-state index >= 15 is 0 Å². The van der Waals surface area contributed by atoms with E-state index in [2.05, 4.69) is 15.6 Å². The van der Waals surface area contributed by atoms with Crippen molar-refractivity contribution < 1.29 is 14.7 Å². The van der Waals surface area contributed by atoms with Crippen molar-refractivity contribution in [2.75, 3.05) is 0 Å². The van der Waals surface area contributed by atoms with Crippen LogP contribution in [-0.2, 0) is 16.1 Å². The third-order valence-electron chi connectivity index (χ3n) is 3.73. The predicted molar refractivity (Wildman–Crippen MR) is 89.4 cm³/mol. The number of hydrogen-bond acceptors (Lipinski definition) is 6. The molecule has 2 aromatic rings. The molecule has 0 aliphatic heterocycles. The van der Waals surface area contributed by atoms with Gasteiger partial charge < -0.3 is 15.2 Å². The number of fused-ring (bicyclic) bond motifs is 1. The smallest absolute Gasteiger partial charge is 0.277 e. The van der Waals surface area contributed by atoms with Crippen molar-refractivity contribution in [1.82, 2.24) is 20.3 Å². The van der Waals surface area contributed by atoms with Crippen molar-refractivity contribution in [3.05, 3.63) is 34.6 Å². The zero-order valence-corrected chi connectivity index (χ0v) is 14.3. The molecule has 0 fully saturated rings. The second-order valence-corrected chi connectivity index (χ2v) is 6.31. The van der Waals surface area contributed by atoms with Crippen LogP contribution in [0.15, 0.2) is 29.1 Å². The van der Waals surface area contributed by atoms with Gasteiger partial charge in [-0.05, 0) is 30.9 Å². The number of rotatable bonds is 8. The fourth-order valence-electron chi connectivity index (χ4n) is 2.51. The number of carboxylic acid groups (broad SMARTS) is 1. The second kappa shape index (κ2) is 8.36. The summed E-state index contributed by atoms with van der Waals surface area (Å²) in [5.74, 6) is -1.56.